The summed E-state index contributed by atoms with van der Waals surface area (Å²) in [7, 11) is 2.08. The number of aromatic nitrogens is 2. The lowest BCUT2D eigenvalue weighted by atomic mass is 10.2. The van der Waals surface area contributed by atoms with Crippen molar-refractivity contribution >= 4 is 10.9 Å². The van der Waals surface area contributed by atoms with Gasteiger partial charge >= 0.3 is 0 Å². The molecule has 0 atom stereocenters. The maximum Gasteiger partial charge on any atom is 0.193 e. The second-order valence-corrected chi connectivity index (χ2v) is 4.37. The molecule has 0 N–H and O–H groups in total. The highest BCUT2D eigenvalue weighted by Crippen LogP contribution is 2.11. The number of rotatable bonds is 2. The number of aryl methyl sites for hydroxylation is 1. The van der Waals surface area contributed by atoms with Crippen LogP contribution in [0.2, 0.25) is 0 Å². The molecule has 2 aromatic heterocycles. The van der Waals surface area contributed by atoms with Crippen LogP contribution < -0.4 is 4.57 Å². The van der Waals surface area contributed by atoms with E-state index in [1.165, 1.54) is 16.5 Å². The number of benzene rings is 1. The van der Waals surface area contributed by atoms with Crippen molar-refractivity contribution in [3.63, 3.8) is 0 Å². The summed E-state index contributed by atoms with van der Waals surface area (Å²) < 4.78 is 4.37. The fourth-order valence-electron chi connectivity index (χ4n) is 2.14. The largest absolute Gasteiger partial charge is 0.346 e. The molecule has 0 amide bonds. The summed E-state index contributed by atoms with van der Waals surface area (Å²) in [5, 5.41) is 1.29. The standard InChI is InChI=1S/C15H15N2/c1-16-9-7-14-8-10-17(12-15(14)16)11-13-5-3-2-4-6-13/h2-10,12H,11H2,1H3/q+1. The van der Waals surface area contributed by atoms with E-state index in [9.17, 15) is 0 Å². The molecule has 0 saturated carbocycles. The summed E-state index contributed by atoms with van der Waals surface area (Å²) in [6, 6.07) is 14.8. The fraction of sp³-hybridized carbons (Fsp3) is 0.133. The molecule has 3 rings (SSSR count). The van der Waals surface area contributed by atoms with Gasteiger partial charge in [-0.3, -0.25) is 0 Å². The number of pyridine rings is 1. The Hall–Kier alpha value is -2.09. The van der Waals surface area contributed by atoms with Crippen molar-refractivity contribution in [2.45, 2.75) is 6.54 Å². The van der Waals surface area contributed by atoms with Crippen molar-refractivity contribution < 1.29 is 4.57 Å². The predicted molar refractivity (Wildman–Crippen MR) is 68.7 cm³/mol. The third-order valence-electron chi connectivity index (χ3n) is 3.10. The van der Waals surface area contributed by atoms with E-state index in [4.69, 9.17) is 0 Å². The topological polar surface area (TPSA) is 8.81 Å². The second-order valence-electron chi connectivity index (χ2n) is 4.37. The highest BCUT2D eigenvalue weighted by Gasteiger charge is 2.06. The molecule has 0 saturated heterocycles. The summed E-state index contributed by atoms with van der Waals surface area (Å²) >= 11 is 0. The zero-order valence-corrected chi connectivity index (χ0v) is 9.88. The summed E-state index contributed by atoms with van der Waals surface area (Å²) in [6.07, 6.45) is 6.43. The van der Waals surface area contributed by atoms with Gasteiger partial charge in [0.1, 0.15) is 5.52 Å². The normalized spacial score (nSPS) is 10.9. The van der Waals surface area contributed by atoms with E-state index < -0.39 is 0 Å². The Morgan fingerprint density at radius 1 is 1.06 bits per heavy atom. The van der Waals surface area contributed by atoms with Crippen LogP contribution in [-0.4, -0.2) is 4.57 Å². The van der Waals surface area contributed by atoms with Gasteiger partial charge in [-0.15, -0.1) is 0 Å². The van der Waals surface area contributed by atoms with E-state index in [0.717, 1.165) is 6.54 Å². The first-order chi connectivity index (χ1) is 8.33. The van der Waals surface area contributed by atoms with Crippen molar-refractivity contribution in [3.05, 3.63) is 66.6 Å². The van der Waals surface area contributed by atoms with E-state index in [-0.39, 0.29) is 0 Å². The minimum absolute atomic E-state index is 0.919. The van der Waals surface area contributed by atoms with Crippen molar-refractivity contribution in [2.75, 3.05) is 0 Å². The van der Waals surface area contributed by atoms with Gasteiger partial charge in [0.15, 0.2) is 18.9 Å². The van der Waals surface area contributed by atoms with Crippen molar-refractivity contribution in [1.82, 2.24) is 4.57 Å². The van der Waals surface area contributed by atoms with Crippen LogP contribution in [-0.2, 0) is 13.6 Å². The van der Waals surface area contributed by atoms with E-state index in [1.807, 2.05) is 0 Å². The van der Waals surface area contributed by atoms with Gasteiger partial charge in [-0.1, -0.05) is 30.3 Å². The van der Waals surface area contributed by atoms with Gasteiger partial charge < -0.3 is 4.57 Å². The van der Waals surface area contributed by atoms with Gasteiger partial charge in [0.05, 0.1) is 0 Å². The lowest BCUT2D eigenvalue weighted by molar-refractivity contribution is -0.687. The van der Waals surface area contributed by atoms with Crippen molar-refractivity contribution in [1.29, 1.82) is 0 Å². The minimum Gasteiger partial charge on any atom is -0.346 e. The molecule has 2 heteroatoms. The second kappa shape index (κ2) is 4.06. The molecule has 1 aromatic carbocycles. The highest BCUT2D eigenvalue weighted by atomic mass is 15.0. The molecular weight excluding hydrogens is 208 g/mol. The van der Waals surface area contributed by atoms with Crippen LogP contribution >= 0.6 is 0 Å². The molecule has 2 nitrogen and oxygen atoms in total. The van der Waals surface area contributed by atoms with Crippen LogP contribution in [0.25, 0.3) is 10.9 Å². The molecule has 0 bridgehead atoms. The Labute approximate surface area is 101 Å². The zero-order chi connectivity index (χ0) is 11.7. The molecule has 17 heavy (non-hydrogen) atoms. The molecule has 0 unspecified atom stereocenters. The molecule has 0 aliphatic heterocycles. The lowest BCUT2D eigenvalue weighted by Gasteiger charge is -1.99. The summed E-state index contributed by atoms with van der Waals surface area (Å²) in [5.74, 6) is 0. The zero-order valence-electron chi connectivity index (χ0n) is 9.88. The summed E-state index contributed by atoms with van der Waals surface area (Å²) in [5.41, 5.74) is 2.59. The first-order valence-corrected chi connectivity index (χ1v) is 5.81. The highest BCUT2D eigenvalue weighted by molar-refractivity contribution is 5.77. The maximum atomic E-state index is 2.22. The Morgan fingerprint density at radius 3 is 2.71 bits per heavy atom. The first kappa shape index (κ1) is 10.1. The van der Waals surface area contributed by atoms with Crippen LogP contribution in [0.15, 0.2) is 61.1 Å². The van der Waals surface area contributed by atoms with Gasteiger partial charge in [-0.05, 0) is 6.07 Å². The SMILES string of the molecule is Cn1ccc2cc[n+](Cc3ccccc3)cc21. The smallest absolute Gasteiger partial charge is 0.193 e. The molecule has 0 aliphatic carbocycles. The molecular formula is C15H15N2+. The molecule has 2 heterocycles. The van der Waals surface area contributed by atoms with Crippen LogP contribution in [0.4, 0.5) is 0 Å². The molecule has 3 aromatic rings. The van der Waals surface area contributed by atoms with Crippen LogP contribution in [0.3, 0.4) is 0 Å². The van der Waals surface area contributed by atoms with Crippen molar-refractivity contribution in [3.8, 4) is 0 Å². The fourth-order valence-corrected chi connectivity index (χ4v) is 2.14. The van der Waals surface area contributed by atoms with Gasteiger partial charge in [0.2, 0.25) is 0 Å². The van der Waals surface area contributed by atoms with Crippen LogP contribution in [0.5, 0.6) is 0 Å². The number of fused-ring (bicyclic) bond motifs is 1. The molecule has 84 valence electrons. The third-order valence-corrected chi connectivity index (χ3v) is 3.10. The number of hydrogen-bond donors (Lipinski definition) is 0. The van der Waals surface area contributed by atoms with Crippen molar-refractivity contribution in [2.24, 2.45) is 7.05 Å². The molecule has 0 fully saturated rings. The minimum atomic E-state index is 0.919. The molecule has 0 aliphatic rings. The Kier molecular flexibility index (Phi) is 2.41. The van der Waals surface area contributed by atoms with Gasteiger partial charge in [0.25, 0.3) is 0 Å². The average Bonchev–Trinajstić information content (AvgIpc) is 2.73. The maximum absolute atomic E-state index is 2.22. The predicted octanol–water partition coefficient (Wildman–Crippen LogP) is 2.51. The lowest BCUT2D eigenvalue weighted by Crippen LogP contribution is -2.33. The third kappa shape index (κ3) is 1.94. The Balaban J connectivity index is 1.98. The summed E-state index contributed by atoms with van der Waals surface area (Å²) in [4.78, 5) is 0. The molecule has 0 radical (unpaired) electrons. The monoisotopic (exact) mass is 223 g/mol. The Bertz CT molecular complexity index is 638. The Morgan fingerprint density at radius 2 is 1.88 bits per heavy atom. The van der Waals surface area contributed by atoms with E-state index in [2.05, 4.69) is 77.2 Å². The van der Waals surface area contributed by atoms with E-state index in [0.29, 0.717) is 0 Å². The van der Waals surface area contributed by atoms with Gasteiger partial charge in [0, 0.05) is 30.3 Å². The number of nitrogens with zero attached hydrogens (tertiary/aromatic N) is 2. The van der Waals surface area contributed by atoms with E-state index in [1.54, 1.807) is 0 Å². The summed E-state index contributed by atoms with van der Waals surface area (Å²) in [6.45, 7) is 0.919. The van der Waals surface area contributed by atoms with Gasteiger partial charge in [-0.25, -0.2) is 0 Å². The molecule has 0 spiro atoms. The first-order valence-electron chi connectivity index (χ1n) is 5.81. The number of hydrogen-bond acceptors (Lipinski definition) is 0. The van der Waals surface area contributed by atoms with Crippen LogP contribution in [0.1, 0.15) is 5.56 Å². The average molecular weight is 223 g/mol. The van der Waals surface area contributed by atoms with Gasteiger partial charge in [-0.2, -0.15) is 4.57 Å². The quantitative estimate of drug-likeness (QED) is 0.590. The van der Waals surface area contributed by atoms with Crippen LogP contribution in [0, 0.1) is 0 Å². The van der Waals surface area contributed by atoms with E-state index >= 15 is 0 Å².